The molecule has 2 nitrogen and oxygen atoms in total. The van der Waals surface area contributed by atoms with Crippen molar-refractivity contribution < 1.29 is 4.39 Å². The molecular weight excluding hydrogens is 251 g/mol. The van der Waals surface area contributed by atoms with Gasteiger partial charge in [0.15, 0.2) is 0 Å². The number of rotatable bonds is 2. The van der Waals surface area contributed by atoms with Crippen LogP contribution in [0.5, 0.6) is 0 Å². The maximum absolute atomic E-state index is 14.1. The maximum atomic E-state index is 14.1. The van der Waals surface area contributed by atoms with Crippen LogP contribution in [0.3, 0.4) is 0 Å². The predicted octanol–water partition coefficient (Wildman–Crippen LogP) is 3.35. The van der Waals surface area contributed by atoms with Crippen molar-refractivity contribution in [1.29, 1.82) is 0 Å². The van der Waals surface area contributed by atoms with E-state index in [9.17, 15) is 4.39 Å². The summed E-state index contributed by atoms with van der Waals surface area (Å²) in [6.07, 6.45) is 1.97. The SMILES string of the molecule is CC(C)N1CCCC(N)C1c1c(F)cccc1Cl. The largest absolute Gasteiger partial charge is 0.326 e. The second kappa shape index (κ2) is 5.55. The van der Waals surface area contributed by atoms with Crippen LogP contribution in [0.15, 0.2) is 18.2 Å². The van der Waals surface area contributed by atoms with Gasteiger partial charge in [-0.25, -0.2) is 4.39 Å². The van der Waals surface area contributed by atoms with Crippen molar-refractivity contribution in [3.8, 4) is 0 Å². The van der Waals surface area contributed by atoms with E-state index in [1.807, 2.05) is 0 Å². The fraction of sp³-hybridized carbons (Fsp3) is 0.571. The van der Waals surface area contributed by atoms with Crippen molar-refractivity contribution >= 4 is 11.6 Å². The highest BCUT2D eigenvalue weighted by molar-refractivity contribution is 6.31. The Labute approximate surface area is 113 Å². The topological polar surface area (TPSA) is 29.3 Å². The molecular formula is C14H20ClFN2. The second-order valence-electron chi connectivity index (χ2n) is 5.22. The van der Waals surface area contributed by atoms with E-state index in [4.69, 9.17) is 17.3 Å². The molecule has 1 aromatic rings. The Hall–Kier alpha value is -0.640. The van der Waals surface area contributed by atoms with Crippen molar-refractivity contribution in [1.82, 2.24) is 4.90 Å². The third-order valence-corrected chi connectivity index (χ3v) is 4.00. The van der Waals surface area contributed by atoms with Gasteiger partial charge in [-0.3, -0.25) is 4.90 Å². The quantitative estimate of drug-likeness (QED) is 0.893. The lowest BCUT2D eigenvalue weighted by Crippen LogP contribution is -2.49. The van der Waals surface area contributed by atoms with Crippen molar-refractivity contribution in [3.63, 3.8) is 0 Å². The average Bonchev–Trinajstić information content (AvgIpc) is 2.30. The van der Waals surface area contributed by atoms with Crippen LogP contribution in [0, 0.1) is 5.82 Å². The van der Waals surface area contributed by atoms with Gasteiger partial charge in [-0.05, 0) is 45.4 Å². The van der Waals surface area contributed by atoms with Crippen LogP contribution in [0.1, 0.15) is 38.3 Å². The third kappa shape index (κ3) is 2.53. The van der Waals surface area contributed by atoms with E-state index in [1.165, 1.54) is 6.07 Å². The number of likely N-dealkylation sites (tertiary alicyclic amines) is 1. The average molecular weight is 271 g/mol. The molecule has 2 atom stereocenters. The summed E-state index contributed by atoms with van der Waals surface area (Å²) < 4.78 is 14.1. The maximum Gasteiger partial charge on any atom is 0.129 e. The molecule has 1 heterocycles. The van der Waals surface area contributed by atoms with Crippen LogP contribution in [0.25, 0.3) is 0 Å². The number of nitrogens with zero attached hydrogens (tertiary/aromatic N) is 1. The molecule has 4 heteroatoms. The monoisotopic (exact) mass is 270 g/mol. The molecule has 0 aliphatic carbocycles. The first kappa shape index (κ1) is 13.8. The number of hydrogen-bond acceptors (Lipinski definition) is 2. The smallest absolute Gasteiger partial charge is 0.129 e. The molecule has 0 spiro atoms. The van der Waals surface area contributed by atoms with E-state index in [1.54, 1.807) is 12.1 Å². The first-order valence-electron chi connectivity index (χ1n) is 6.47. The predicted molar refractivity (Wildman–Crippen MR) is 73.2 cm³/mol. The zero-order valence-corrected chi connectivity index (χ0v) is 11.6. The molecule has 1 aliphatic rings. The van der Waals surface area contributed by atoms with Crippen molar-refractivity contribution in [2.45, 2.75) is 44.8 Å². The zero-order valence-electron chi connectivity index (χ0n) is 10.9. The number of hydrogen-bond donors (Lipinski definition) is 1. The molecule has 0 aromatic heterocycles. The van der Waals surface area contributed by atoms with Crippen LogP contribution in [0.2, 0.25) is 5.02 Å². The highest BCUT2D eigenvalue weighted by atomic mass is 35.5. The van der Waals surface area contributed by atoms with Gasteiger partial charge >= 0.3 is 0 Å². The molecule has 0 radical (unpaired) electrons. The lowest BCUT2D eigenvalue weighted by molar-refractivity contribution is 0.0923. The van der Waals surface area contributed by atoms with Crippen LogP contribution < -0.4 is 5.73 Å². The Morgan fingerprint density at radius 3 is 2.78 bits per heavy atom. The van der Waals surface area contributed by atoms with Crippen molar-refractivity contribution in [2.75, 3.05) is 6.54 Å². The van der Waals surface area contributed by atoms with Crippen LogP contribution in [0.4, 0.5) is 4.39 Å². The Balaban J connectivity index is 2.44. The number of nitrogens with two attached hydrogens (primary N) is 1. The molecule has 2 unspecified atom stereocenters. The highest BCUT2D eigenvalue weighted by Gasteiger charge is 2.34. The summed E-state index contributed by atoms with van der Waals surface area (Å²) in [6.45, 7) is 5.17. The minimum absolute atomic E-state index is 0.0597. The summed E-state index contributed by atoms with van der Waals surface area (Å²) >= 11 is 6.18. The Morgan fingerprint density at radius 2 is 2.17 bits per heavy atom. The number of benzene rings is 1. The highest BCUT2D eigenvalue weighted by Crippen LogP contribution is 2.36. The molecule has 1 fully saturated rings. The lowest BCUT2D eigenvalue weighted by atomic mass is 9.89. The Bertz CT molecular complexity index is 402. The molecule has 1 aliphatic heterocycles. The summed E-state index contributed by atoms with van der Waals surface area (Å²) in [5.41, 5.74) is 6.77. The molecule has 1 aromatic carbocycles. The molecule has 18 heavy (non-hydrogen) atoms. The summed E-state index contributed by atoms with van der Waals surface area (Å²) in [7, 11) is 0. The normalized spacial score (nSPS) is 25.7. The van der Waals surface area contributed by atoms with Gasteiger partial charge in [-0.2, -0.15) is 0 Å². The van der Waals surface area contributed by atoms with Gasteiger partial charge in [-0.1, -0.05) is 17.7 Å². The van der Waals surface area contributed by atoms with E-state index in [-0.39, 0.29) is 17.9 Å². The summed E-state index contributed by atoms with van der Waals surface area (Å²) in [5.74, 6) is -0.254. The van der Waals surface area contributed by atoms with Crippen LogP contribution in [-0.2, 0) is 0 Å². The molecule has 2 N–H and O–H groups in total. The summed E-state index contributed by atoms with van der Waals surface area (Å²) in [4.78, 5) is 2.25. The van der Waals surface area contributed by atoms with Crippen LogP contribution >= 0.6 is 11.6 Å². The minimum atomic E-state index is -0.254. The summed E-state index contributed by atoms with van der Waals surface area (Å²) in [6, 6.07) is 4.98. The second-order valence-corrected chi connectivity index (χ2v) is 5.63. The van der Waals surface area contributed by atoms with E-state index >= 15 is 0 Å². The molecule has 100 valence electrons. The van der Waals surface area contributed by atoms with Gasteiger partial charge in [0, 0.05) is 22.7 Å². The number of halogens is 2. The number of piperidine rings is 1. The molecule has 1 saturated heterocycles. The zero-order chi connectivity index (χ0) is 13.3. The first-order chi connectivity index (χ1) is 8.52. The van der Waals surface area contributed by atoms with Gasteiger partial charge in [-0.15, -0.1) is 0 Å². The van der Waals surface area contributed by atoms with Gasteiger partial charge in [0.05, 0.1) is 6.04 Å². The molecule has 0 amide bonds. The minimum Gasteiger partial charge on any atom is -0.326 e. The van der Waals surface area contributed by atoms with Gasteiger partial charge in [0.25, 0.3) is 0 Å². The Morgan fingerprint density at radius 1 is 1.44 bits per heavy atom. The fourth-order valence-electron chi connectivity index (χ4n) is 2.81. The van der Waals surface area contributed by atoms with E-state index in [2.05, 4.69) is 18.7 Å². The van der Waals surface area contributed by atoms with Crippen LogP contribution in [-0.4, -0.2) is 23.5 Å². The lowest BCUT2D eigenvalue weighted by Gasteiger charge is -2.42. The van der Waals surface area contributed by atoms with Gasteiger partial charge < -0.3 is 5.73 Å². The van der Waals surface area contributed by atoms with Crippen molar-refractivity contribution in [3.05, 3.63) is 34.6 Å². The molecule has 0 saturated carbocycles. The van der Waals surface area contributed by atoms with Gasteiger partial charge in [0.1, 0.15) is 5.82 Å². The van der Waals surface area contributed by atoms with E-state index in [0.717, 1.165) is 19.4 Å². The Kier molecular flexibility index (Phi) is 4.25. The van der Waals surface area contributed by atoms with Gasteiger partial charge in [0.2, 0.25) is 0 Å². The fourth-order valence-corrected chi connectivity index (χ4v) is 3.08. The summed E-state index contributed by atoms with van der Waals surface area (Å²) in [5, 5.41) is 0.475. The van der Waals surface area contributed by atoms with E-state index < -0.39 is 0 Å². The molecule has 2 rings (SSSR count). The van der Waals surface area contributed by atoms with E-state index in [0.29, 0.717) is 16.6 Å². The standard InChI is InChI=1S/C14H20ClFN2/c1-9(2)18-8-4-7-12(17)14(18)13-10(15)5-3-6-11(13)16/h3,5-6,9,12,14H,4,7-8,17H2,1-2H3. The molecule has 0 bridgehead atoms. The first-order valence-corrected chi connectivity index (χ1v) is 6.85. The van der Waals surface area contributed by atoms with Crippen molar-refractivity contribution in [2.24, 2.45) is 5.73 Å². The third-order valence-electron chi connectivity index (χ3n) is 3.68.